The fourth-order valence-corrected chi connectivity index (χ4v) is 6.90. The molecule has 1 aromatic rings. The van der Waals surface area contributed by atoms with Gasteiger partial charge in [0.2, 0.25) is 0 Å². The highest BCUT2D eigenvalue weighted by Crippen LogP contribution is 2.39. The highest BCUT2D eigenvalue weighted by atomic mass is 19.4. The Morgan fingerprint density at radius 1 is 1.17 bits per heavy atom. The summed E-state index contributed by atoms with van der Waals surface area (Å²) in [5.41, 5.74) is 7.73. The first-order chi connectivity index (χ1) is 19.5. The second-order valence-electron chi connectivity index (χ2n) is 12.1. The van der Waals surface area contributed by atoms with Gasteiger partial charge in [-0.15, -0.1) is 13.2 Å². The van der Waals surface area contributed by atoms with Gasteiger partial charge >= 0.3 is 6.36 Å². The summed E-state index contributed by atoms with van der Waals surface area (Å²) in [6.45, 7) is 1.70. The SMILES string of the molecule is CN1CN=C2C(CCN2[C@@H]2O[C@H](CN(C)[C@H]3C[C@H](CCC4Nc5ccc(OC(F)(F)F)cc5N4)C3)[C@@H](O)[C@H]2O)C1N. The largest absolute Gasteiger partial charge is 0.573 e. The molecule has 5 aliphatic rings. The van der Waals surface area contributed by atoms with Crippen LogP contribution in [-0.4, -0.2) is 114 Å². The highest BCUT2D eigenvalue weighted by Gasteiger charge is 2.51. The van der Waals surface area contributed by atoms with E-state index in [0.717, 1.165) is 43.6 Å². The number of nitrogens with one attached hydrogen (secondary N) is 2. The van der Waals surface area contributed by atoms with E-state index in [1.165, 1.54) is 12.1 Å². The van der Waals surface area contributed by atoms with Crippen LogP contribution in [0.3, 0.4) is 0 Å². The van der Waals surface area contributed by atoms with E-state index in [9.17, 15) is 23.4 Å². The Kier molecular flexibility index (Phi) is 7.74. The monoisotopic (exact) mass is 583 g/mol. The Labute approximate surface area is 237 Å². The molecule has 228 valence electrons. The molecule has 6 rings (SSSR count). The number of halogens is 3. The van der Waals surface area contributed by atoms with E-state index in [4.69, 9.17) is 10.5 Å². The summed E-state index contributed by atoms with van der Waals surface area (Å²) in [5, 5.41) is 28.3. The van der Waals surface area contributed by atoms with Crippen molar-refractivity contribution in [3.63, 3.8) is 0 Å². The number of rotatable bonds is 8. The Morgan fingerprint density at radius 2 is 1.93 bits per heavy atom. The summed E-state index contributed by atoms with van der Waals surface area (Å²) in [5.74, 6) is 1.27. The van der Waals surface area contributed by atoms with Crippen LogP contribution in [0.15, 0.2) is 23.2 Å². The van der Waals surface area contributed by atoms with Crippen LogP contribution in [-0.2, 0) is 4.74 Å². The topological polar surface area (TPSA) is 131 Å². The van der Waals surface area contributed by atoms with E-state index in [-0.39, 0.29) is 24.0 Å². The highest BCUT2D eigenvalue weighted by molar-refractivity contribution is 5.88. The minimum absolute atomic E-state index is 0.0442. The molecule has 14 heteroatoms. The summed E-state index contributed by atoms with van der Waals surface area (Å²) in [6, 6.07) is 4.63. The summed E-state index contributed by atoms with van der Waals surface area (Å²) < 4.78 is 47.8. The van der Waals surface area contributed by atoms with Gasteiger partial charge < -0.3 is 45.9 Å². The van der Waals surface area contributed by atoms with E-state index in [0.29, 0.717) is 37.4 Å². The van der Waals surface area contributed by atoms with Crippen LogP contribution in [0.5, 0.6) is 5.75 Å². The fourth-order valence-electron chi connectivity index (χ4n) is 6.90. The third kappa shape index (κ3) is 5.82. The predicted octanol–water partition coefficient (Wildman–Crippen LogP) is 1.59. The van der Waals surface area contributed by atoms with Gasteiger partial charge in [-0.05, 0) is 64.3 Å². The summed E-state index contributed by atoms with van der Waals surface area (Å²) in [4.78, 5) is 10.9. The van der Waals surface area contributed by atoms with Crippen LogP contribution in [0.2, 0.25) is 0 Å². The minimum atomic E-state index is -4.72. The first-order valence-electron chi connectivity index (χ1n) is 14.4. The molecular formula is C27H40F3N7O4. The summed E-state index contributed by atoms with van der Waals surface area (Å²) in [6.07, 6.45) is -3.33. The number of nitrogens with zero attached hydrogens (tertiary/aromatic N) is 4. The number of anilines is 2. The smallest absolute Gasteiger partial charge is 0.406 e. The van der Waals surface area contributed by atoms with E-state index in [1.54, 1.807) is 6.07 Å². The lowest BCUT2D eigenvalue weighted by molar-refractivity contribution is -0.274. The number of hydrogen-bond donors (Lipinski definition) is 5. The maximum Gasteiger partial charge on any atom is 0.573 e. The number of amidine groups is 1. The van der Waals surface area contributed by atoms with E-state index in [1.807, 2.05) is 23.9 Å². The van der Waals surface area contributed by atoms with Gasteiger partial charge in [-0.3, -0.25) is 9.89 Å². The molecule has 4 heterocycles. The standard InChI is InChI=1S/C27H40F3N7O4/c1-35(12-20-22(38)23(39)26(40-20)37-8-7-17-24(31)36(2)13-32-25(17)37)15-9-14(10-15)3-6-21-33-18-5-4-16(11-19(18)34-21)41-27(28,29)30/h4-5,11,14-15,17,20-24,26,33-34,38-39H,3,6-10,12-13,31H2,1-2H3/t14-,15-,17?,20-,21?,22-,23-,24?,26-/m1/s1. The number of hydrogen-bond acceptors (Lipinski definition) is 11. The average molecular weight is 584 g/mol. The zero-order valence-electron chi connectivity index (χ0n) is 23.3. The van der Waals surface area contributed by atoms with Crippen LogP contribution in [0.4, 0.5) is 24.5 Å². The van der Waals surface area contributed by atoms with Gasteiger partial charge in [-0.25, -0.2) is 0 Å². The number of alkyl halides is 3. The Bertz CT molecular complexity index is 1140. The third-order valence-corrected chi connectivity index (χ3v) is 9.38. The molecule has 41 heavy (non-hydrogen) atoms. The van der Waals surface area contributed by atoms with Crippen molar-refractivity contribution in [3.8, 4) is 5.75 Å². The number of aliphatic hydroxyl groups is 2. The Balaban J connectivity index is 0.942. The van der Waals surface area contributed by atoms with Gasteiger partial charge in [0.25, 0.3) is 0 Å². The third-order valence-electron chi connectivity index (χ3n) is 9.38. The number of ether oxygens (including phenoxy) is 2. The van der Waals surface area contributed by atoms with Crippen molar-refractivity contribution >= 4 is 17.2 Å². The van der Waals surface area contributed by atoms with E-state index < -0.39 is 30.9 Å². The van der Waals surface area contributed by atoms with Gasteiger partial charge in [0.15, 0.2) is 6.23 Å². The zero-order chi connectivity index (χ0) is 29.1. The van der Waals surface area contributed by atoms with Crippen molar-refractivity contribution in [1.29, 1.82) is 0 Å². The normalized spacial score (nSPS) is 36.9. The van der Waals surface area contributed by atoms with Crippen LogP contribution in [0.25, 0.3) is 0 Å². The van der Waals surface area contributed by atoms with E-state index in [2.05, 4.69) is 25.3 Å². The van der Waals surface area contributed by atoms with Crippen molar-refractivity contribution in [1.82, 2.24) is 14.7 Å². The lowest BCUT2D eigenvalue weighted by atomic mass is 9.76. The maximum atomic E-state index is 12.5. The number of aliphatic hydroxyl groups excluding tert-OH is 2. The number of likely N-dealkylation sites (tertiary alicyclic amines) is 1. The quantitative estimate of drug-likeness (QED) is 0.308. The van der Waals surface area contributed by atoms with Crippen molar-refractivity contribution in [2.45, 2.75) is 81.4 Å². The van der Waals surface area contributed by atoms with Crippen LogP contribution >= 0.6 is 0 Å². The molecule has 3 fully saturated rings. The van der Waals surface area contributed by atoms with Crippen molar-refractivity contribution < 1.29 is 32.9 Å². The number of likely N-dealkylation sites (N-methyl/N-ethyl adjacent to an activating group) is 1. The molecule has 3 unspecified atom stereocenters. The van der Waals surface area contributed by atoms with Gasteiger partial charge in [-0.2, -0.15) is 0 Å². The fraction of sp³-hybridized carbons (Fsp3) is 0.741. The molecule has 1 aliphatic carbocycles. The second-order valence-corrected chi connectivity index (χ2v) is 12.1. The second kappa shape index (κ2) is 11.0. The lowest BCUT2D eigenvalue weighted by Gasteiger charge is -2.42. The Hall–Kier alpha value is -2.36. The van der Waals surface area contributed by atoms with Crippen LogP contribution in [0, 0.1) is 11.8 Å². The first kappa shape index (κ1) is 28.7. The first-order valence-corrected chi connectivity index (χ1v) is 14.4. The molecule has 2 saturated heterocycles. The molecule has 7 atom stereocenters. The van der Waals surface area contributed by atoms with Crippen molar-refractivity contribution in [3.05, 3.63) is 18.2 Å². The molecule has 11 nitrogen and oxygen atoms in total. The lowest BCUT2D eigenvalue weighted by Crippen LogP contribution is -2.54. The predicted molar refractivity (Wildman–Crippen MR) is 146 cm³/mol. The number of nitrogens with two attached hydrogens (primary N) is 1. The zero-order valence-corrected chi connectivity index (χ0v) is 23.3. The van der Waals surface area contributed by atoms with Crippen LogP contribution in [0.1, 0.15) is 32.1 Å². The van der Waals surface area contributed by atoms with Crippen molar-refractivity contribution in [2.75, 3.05) is 44.5 Å². The molecule has 1 saturated carbocycles. The maximum absolute atomic E-state index is 12.5. The number of benzene rings is 1. The molecule has 0 radical (unpaired) electrons. The van der Waals surface area contributed by atoms with Crippen molar-refractivity contribution in [2.24, 2.45) is 22.6 Å². The number of aliphatic imine (C=N–C) groups is 1. The molecule has 0 aromatic heterocycles. The van der Waals surface area contributed by atoms with Gasteiger partial charge in [-0.1, -0.05) is 0 Å². The number of fused-ring (bicyclic) bond motifs is 2. The van der Waals surface area contributed by atoms with Gasteiger partial charge in [0.1, 0.15) is 29.9 Å². The average Bonchev–Trinajstić information content (AvgIpc) is 3.56. The Morgan fingerprint density at radius 3 is 2.68 bits per heavy atom. The molecule has 0 spiro atoms. The van der Waals surface area contributed by atoms with Gasteiger partial charge in [0, 0.05) is 31.1 Å². The summed E-state index contributed by atoms with van der Waals surface area (Å²) >= 11 is 0. The van der Waals surface area contributed by atoms with Crippen LogP contribution < -0.4 is 21.1 Å². The van der Waals surface area contributed by atoms with Gasteiger partial charge in [0.05, 0.1) is 30.4 Å². The molecule has 0 amide bonds. The molecule has 4 aliphatic heterocycles. The minimum Gasteiger partial charge on any atom is -0.406 e. The summed E-state index contributed by atoms with van der Waals surface area (Å²) in [7, 11) is 3.98. The molecule has 6 N–H and O–H groups in total. The molecule has 0 bridgehead atoms. The van der Waals surface area contributed by atoms with E-state index >= 15 is 0 Å². The molecule has 1 aromatic carbocycles. The molecular weight excluding hydrogens is 543 g/mol.